The minimum Gasteiger partial charge on any atom is -0.457 e. The molecule has 132 valence electrons. The van der Waals surface area contributed by atoms with Gasteiger partial charge in [0.25, 0.3) is 11.6 Å². The van der Waals surface area contributed by atoms with E-state index >= 15 is 0 Å². The van der Waals surface area contributed by atoms with Gasteiger partial charge in [0.1, 0.15) is 11.5 Å². The Balaban J connectivity index is 1.82. The van der Waals surface area contributed by atoms with Gasteiger partial charge in [-0.1, -0.05) is 0 Å². The molecule has 0 aliphatic carbocycles. The lowest BCUT2D eigenvalue weighted by atomic mass is 10.1. The van der Waals surface area contributed by atoms with E-state index in [0.29, 0.717) is 22.0 Å². The fourth-order valence-electron chi connectivity index (χ4n) is 2.36. The molecule has 3 rings (SSSR count). The highest BCUT2D eigenvalue weighted by Gasteiger charge is 2.23. The Bertz CT molecular complexity index is 990. The molecular weight excluding hydrogens is 358 g/mol. The molecule has 0 unspecified atom stereocenters. The number of non-ortho nitro benzene ring substituents is 1. The lowest BCUT2D eigenvalue weighted by Gasteiger charge is -2.02. The fraction of sp³-hybridized carbons (Fsp3) is 0.118. The number of aryl methyl sites for hydroxylation is 1. The van der Waals surface area contributed by atoms with Gasteiger partial charge in [0.15, 0.2) is 5.17 Å². The van der Waals surface area contributed by atoms with Crippen LogP contribution in [-0.4, -0.2) is 21.9 Å². The monoisotopic (exact) mass is 371 g/mol. The van der Waals surface area contributed by atoms with Crippen molar-refractivity contribution in [2.24, 2.45) is 4.99 Å². The van der Waals surface area contributed by atoms with Crippen LogP contribution in [0.3, 0.4) is 0 Å². The quantitative estimate of drug-likeness (QED) is 0.503. The predicted molar refractivity (Wildman–Crippen MR) is 97.4 cm³/mol. The lowest BCUT2D eigenvalue weighted by Crippen LogP contribution is -2.23. The van der Waals surface area contributed by atoms with E-state index in [0.717, 1.165) is 17.3 Å². The Hall–Kier alpha value is -3.20. The lowest BCUT2D eigenvalue weighted by molar-refractivity contribution is -0.384. The number of nitrogens with one attached hydrogen (secondary N) is 1. The molecule has 0 saturated carbocycles. The summed E-state index contributed by atoms with van der Waals surface area (Å²) in [4.78, 5) is 37.3. The highest BCUT2D eigenvalue weighted by Crippen LogP contribution is 2.31. The number of rotatable bonds is 3. The minimum atomic E-state index is -0.455. The van der Waals surface area contributed by atoms with E-state index in [1.54, 1.807) is 25.1 Å². The summed E-state index contributed by atoms with van der Waals surface area (Å²) in [6, 6.07) is 7.91. The molecule has 0 bridgehead atoms. The molecule has 2 amide bonds. The summed E-state index contributed by atoms with van der Waals surface area (Å²) >= 11 is 1.05. The molecular formula is C17H13N3O5S. The summed E-state index contributed by atoms with van der Waals surface area (Å²) in [5, 5.41) is 13.5. The van der Waals surface area contributed by atoms with Crippen molar-refractivity contribution in [1.82, 2.24) is 5.32 Å². The summed E-state index contributed by atoms with van der Waals surface area (Å²) in [5.41, 5.74) is 1.44. The average molecular weight is 371 g/mol. The van der Waals surface area contributed by atoms with E-state index < -0.39 is 10.8 Å². The Labute approximate surface area is 152 Å². The first-order valence-corrected chi connectivity index (χ1v) is 8.30. The molecule has 0 spiro atoms. The summed E-state index contributed by atoms with van der Waals surface area (Å²) in [6.45, 7) is 3.09. The Morgan fingerprint density at radius 2 is 2.12 bits per heavy atom. The number of carbonyl (C=O) groups is 2. The van der Waals surface area contributed by atoms with Crippen LogP contribution in [0.15, 0.2) is 44.6 Å². The molecule has 0 radical (unpaired) electrons. The van der Waals surface area contributed by atoms with Gasteiger partial charge in [-0.15, -0.1) is 0 Å². The van der Waals surface area contributed by atoms with Gasteiger partial charge in [-0.05, 0) is 42.4 Å². The third-order valence-corrected chi connectivity index (χ3v) is 4.39. The largest absolute Gasteiger partial charge is 0.457 e. The van der Waals surface area contributed by atoms with Crippen LogP contribution in [-0.2, 0) is 9.59 Å². The van der Waals surface area contributed by atoms with Gasteiger partial charge < -0.3 is 9.73 Å². The maximum Gasteiger partial charge on any atom is 0.286 e. The van der Waals surface area contributed by atoms with Crippen molar-refractivity contribution in [3.05, 3.63) is 56.7 Å². The van der Waals surface area contributed by atoms with Crippen molar-refractivity contribution in [3.63, 3.8) is 0 Å². The minimum absolute atomic E-state index is 0.00995. The number of amidine groups is 1. The molecule has 1 aromatic carbocycles. The van der Waals surface area contributed by atoms with E-state index in [9.17, 15) is 19.7 Å². The first-order valence-electron chi connectivity index (χ1n) is 7.49. The van der Waals surface area contributed by atoms with Gasteiger partial charge >= 0.3 is 0 Å². The molecule has 8 nitrogen and oxygen atoms in total. The van der Waals surface area contributed by atoms with E-state index in [1.807, 2.05) is 0 Å². The molecule has 26 heavy (non-hydrogen) atoms. The topological polar surface area (TPSA) is 115 Å². The number of carbonyl (C=O) groups excluding carboxylic acids is 2. The SMILES string of the molecule is CC(=O)NC1=NC(=O)/C(=C\c2ccc(-c3ccc([N+](=O)[O-])cc3C)o2)S1. The second kappa shape index (κ2) is 6.96. The number of furan rings is 1. The van der Waals surface area contributed by atoms with Gasteiger partial charge in [0, 0.05) is 30.7 Å². The molecule has 0 fully saturated rings. The number of benzene rings is 1. The molecule has 1 aliphatic rings. The van der Waals surface area contributed by atoms with Crippen LogP contribution >= 0.6 is 11.8 Å². The molecule has 2 heterocycles. The standard InChI is InChI=1S/C17H13N3O5S/c1-9-7-11(20(23)24)3-5-13(9)14-6-4-12(25-14)8-15-16(22)19-17(26-15)18-10(2)21/h3-8H,1-2H3,(H,18,19,21,22)/b15-8+. The number of nitro benzene ring substituents is 1. The molecule has 9 heteroatoms. The average Bonchev–Trinajstić information content (AvgIpc) is 3.14. The second-order valence-corrected chi connectivity index (χ2v) is 6.50. The number of nitro groups is 1. The van der Waals surface area contributed by atoms with E-state index in [1.165, 1.54) is 25.1 Å². The number of nitrogens with zero attached hydrogens (tertiary/aromatic N) is 2. The van der Waals surface area contributed by atoms with Crippen LogP contribution in [0.2, 0.25) is 0 Å². The number of hydrogen-bond donors (Lipinski definition) is 1. The summed E-state index contributed by atoms with van der Waals surface area (Å²) in [5.74, 6) is 0.207. The summed E-state index contributed by atoms with van der Waals surface area (Å²) in [6.07, 6.45) is 1.54. The highest BCUT2D eigenvalue weighted by molar-refractivity contribution is 8.18. The van der Waals surface area contributed by atoms with Crippen molar-refractivity contribution < 1.29 is 18.9 Å². The van der Waals surface area contributed by atoms with E-state index in [2.05, 4.69) is 10.3 Å². The summed E-state index contributed by atoms with van der Waals surface area (Å²) in [7, 11) is 0. The smallest absolute Gasteiger partial charge is 0.286 e. The second-order valence-electron chi connectivity index (χ2n) is 5.47. The molecule has 1 N–H and O–H groups in total. The summed E-state index contributed by atoms with van der Waals surface area (Å²) < 4.78 is 5.73. The number of thioether (sulfide) groups is 1. The van der Waals surface area contributed by atoms with Gasteiger partial charge in [0.05, 0.1) is 9.83 Å². The van der Waals surface area contributed by atoms with Crippen molar-refractivity contribution >= 4 is 40.5 Å². The highest BCUT2D eigenvalue weighted by atomic mass is 32.2. The zero-order valence-electron chi connectivity index (χ0n) is 13.8. The van der Waals surface area contributed by atoms with Crippen molar-refractivity contribution in [2.45, 2.75) is 13.8 Å². The maximum absolute atomic E-state index is 11.9. The van der Waals surface area contributed by atoms with Crippen molar-refractivity contribution in [2.75, 3.05) is 0 Å². The third kappa shape index (κ3) is 3.72. The maximum atomic E-state index is 11.9. The van der Waals surface area contributed by atoms with E-state index in [4.69, 9.17) is 4.42 Å². The Morgan fingerprint density at radius 3 is 2.77 bits per heavy atom. The van der Waals surface area contributed by atoms with Crippen LogP contribution in [0.4, 0.5) is 5.69 Å². The zero-order valence-corrected chi connectivity index (χ0v) is 14.6. The van der Waals surface area contributed by atoms with Crippen LogP contribution in [0.25, 0.3) is 17.4 Å². The van der Waals surface area contributed by atoms with Gasteiger partial charge in [0.2, 0.25) is 5.91 Å². The van der Waals surface area contributed by atoms with E-state index in [-0.39, 0.29) is 16.8 Å². The first kappa shape index (κ1) is 17.6. The molecule has 1 aromatic heterocycles. The fourth-order valence-corrected chi connectivity index (χ4v) is 3.20. The molecule has 0 saturated heterocycles. The number of amides is 2. The normalized spacial score (nSPS) is 15.2. The molecule has 0 atom stereocenters. The zero-order chi connectivity index (χ0) is 18.8. The number of aliphatic imine (C=N–C) groups is 1. The Kier molecular flexibility index (Phi) is 4.72. The first-order chi connectivity index (χ1) is 12.3. The Morgan fingerprint density at radius 1 is 1.35 bits per heavy atom. The van der Waals surface area contributed by atoms with Crippen LogP contribution in [0.5, 0.6) is 0 Å². The van der Waals surface area contributed by atoms with Crippen LogP contribution in [0.1, 0.15) is 18.2 Å². The molecule has 2 aromatic rings. The van der Waals surface area contributed by atoms with Gasteiger partial charge in [-0.25, -0.2) is 0 Å². The molecule has 1 aliphatic heterocycles. The number of hydrogen-bond acceptors (Lipinski definition) is 6. The van der Waals surface area contributed by atoms with Crippen LogP contribution in [0, 0.1) is 17.0 Å². The third-order valence-electron chi connectivity index (χ3n) is 3.49. The van der Waals surface area contributed by atoms with Gasteiger partial charge in [-0.2, -0.15) is 4.99 Å². The van der Waals surface area contributed by atoms with Crippen molar-refractivity contribution in [3.8, 4) is 11.3 Å². The van der Waals surface area contributed by atoms with Gasteiger partial charge in [-0.3, -0.25) is 19.7 Å². The predicted octanol–water partition coefficient (Wildman–Crippen LogP) is 3.27. The van der Waals surface area contributed by atoms with Crippen molar-refractivity contribution in [1.29, 1.82) is 0 Å². The van der Waals surface area contributed by atoms with Crippen LogP contribution < -0.4 is 5.32 Å².